The van der Waals surface area contributed by atoms with E-state index in [9.17, 15) is 5.11 Å². The number of hydrogen-bond donors (Lipinski definition) is 1. The molecule has 0 spiro atoms. The Morgan fingerprint density at radius 2 is 1.90 bits per heavy atom. The van der Waals surface area contributed by atoms with E-state index in [4.69, 9.17) is 4.43 Å². The van der Waals surface area contributed by atoms with Gasteiger partial charge < -0.3 is 9.53 Å². The maximum absolute atomic E-state index is 9.32. The fourth-order valence-corrected chi connectivity index (χ4v) is 3.80. The van der Waals surface area contributed by atoms with Crippen LogP contribution in [0.1, 0.15) is 41.0 Å². The summed E-state index contributed by atoms with van der Waals surface area (Å²) in [5.41, 5.74) is 1.24. The minimum absolute atomic E-state index is 0.0958. The van der Waals surface area contributed by atoms with E-state index in [2.05, 4.69) is 82.5 Å². The van der Waals surface area contributed by atoms with Crippen LogP contribution < -0.4 is 0 Å². The summed E-state index contributed by atoms with van der Waals surface area (Å²) in [5.74, 6) is 0.309. The summed E-state index contributed by atoms with van der Waals surface area (Å²) in [6, 6.07) is 0. The molecule has 0 aromatic rings. The smallest absolute Gasteiger partial charge is 0.192 e. The molecule has 4 heteroatoms. The van der Waals surface area contributed by atoms with Crippen molar-refractivity contribution < 1.29 is 9.53 Å². The van der Waals surface area contributed by atoms with Gasteiger partial charge in [0, 0.05) is 6.61 Å². The lowest BCUT2D eigenvalue weighted by Gasteiger charge is -2.40. The third-order valence-corrected chi connectivity index (χ3v) is 8.97. The summed E-state index contributed by atoms with van der Waals surface area (Å²) >= 11 is 2.23. The van der Waals surface area contributed by atoms with Crippen LogP contribution in [0.4, 0.5) is 0 Å². The fourth-order valence-electron chi connectivity index (χ4n) is 1.79. The summed E-state index contributed by atoms with van der Waals surface area (Å²) in [6.07, 6.45) is 5.13. The zero-order valence-corrected chi connectivity index (χ0v) is 17.2. The number of hydrogen-bond acceptors (Lipinski definition) is 2. The Bertz CT molecular complexity index is 343. The number of allylic oxidation sites excluding steroid dienone is 2. The topological polar surface area (TPSA) is 29.5 Å². The lowest BCUT2D eigenvalue weighted by Crippen LogP contribution is -2.45. The average Bonchev–Trinajstić information content (AvgIpc) is 2.26. The van der Waals surface area contributed by atoms with E-state index in [1.54, 1.807) is 0 Å². The second kappa shape index (κ2) is 8.71. The van der Waals surface area contributed by atoms with Gasteiger partial charge >= 0.3 is 0 Å². The van der Waals surface area contributed by atoms with Gasteiger partial charge in [0.05, 0.1) is 6.10 Å². The van der Waals surface area contributed by atoms with Crippen molar-refractivity contribution >= 4 is 30.9 Å². The molecule has 0 bridgehead atoms. The van der Waals surface area contributed by atoms with Gasteiger partial charge in [0.2, 0.25) is 0 Å². The third-order valence-electron chi connectivity index (χ3n) is 4.10. The van der Waals surface area contributed by atoms with Crippen molar-refractivity contribution in [1.29, 1.82) is 0 Å². The molecule has 1 N–H and O–H groups in total. The van der Waals surface area contributed by atoms with Crippen molar-refractivity contribution in [3.05, 3.63) is 21.8 Å². The van der Waals surface area contributed by atoms with E-state index in [0.29, 0.717) is 12.3 Å². The van der Waals surface area contributed by atoms with Gasteiger partial charge in [-0.1, -0.05) is 68.0 Å². The van der Waals surface area contributed by atoms with Crippen LogP contribution in [0.3, 0.4) is 0 Å². The maximum atomic E-state index is 9.32. The molecule has 0 aliphatic heterocycles. The highest BCUT2D eigenvalue weighted by atomic mass is 127. The van der Waals surface area contributed by atoms with E-state index in [1.165, 1.54) is 5.57 Å². The quantitative estimate of drug-likeness (QED) is 0.351. The van der Waals surface area contributed by atoms with Gasteiger partial charge in [-0.3, -0.25) is 0 Å². The second-order valence-corrected chi connectivity index (χ2v) is 12.5. The molecule has 2 atom stereocenters. The third kappa shape index (κ3) is 6.87. The Labute approximate surface area is 140 Å². The number of aliphatic hydroxyl groups is 1. The van der Waals surface area contributed by atoms with E-state index in [-0.39, 0.29) is 17.7 Å². The van der Waals surface area contributed by atoms with Crippen molar-refractivity contribution in [3.63, 3.8) is 0 Å². The van der Waals surface area contributed by atoms with Crippen LogP contribution in [0.15, 0.2) is 21.8 Å². The molecule has 0 unspecified atom stereocenters. The molecule has 0 rings (SSSR count). The van der Waals surface area contributed by atoms with Crippen molar-refractivity contribution in [1.82, 2.24) is 0 Å². The zero-order chi connectivity index (χ0) is 16.0. The minimum Gasteiger partial charge on any atom is -0.413 e. The summed E-state index contributed by atoms with van der Waals surface area (Å²) in [6.45, 7) is 15.8. The largest absolute Gasteiger partial charge is 0.413 e. The van der Waals surface area contributed by atoms with Gasteiger partial charge in [-0.15, -0.1) is 0 Å². The van der Waals surface area contributed by atoms with Crippen LogP contribution in [0, 0.1) is 5.92 Å². The highest BCUT2D eigenvalue weighted by molar-refractivity contribution is 14.1. The molecule has 2 nitrogen and oxygen atoms in total. The molecule has 0 fully saturated rings. The maximum Gasteiger partial charge on any atom is 0.192 e. The van der Waals surface area contributed by atoms with E-state index < -0.39 is 8.32 Å². The zero-order valence-electron chi connectivity index (χ0n) is 14.0. The molecule has 0 radical (unpaired) electrons. The van der Waals surface area contributed by atoms with Crippen LogP contribution in [0.2, 0.25) is 18.1 Å². The average molecular weight is 410 g/mol. The van der Waals surface area contributed by atoms with Gasteiger partial charge in [-0.25, -0.2) is 0 Å². The lowest BCUT2D eigenvalue weighted by atomic mass is 9.99. The molecule has 0 aliphatic carbocycles. The number of rotatable bonds is 7. The molecule has 0 aromatic carbocycles. The van der Waals surface area contributed by atoms with Crippen molar-refractivity contribution in [3.8, 4) is 0 Å². The standard InChI is InChI=1S/C16H31IO2Si/c1-13(8-10-17)12-14(2)15(9-11-18)19-20(6,7)16(3,4)5/h8,10,12,14-15,18H,9,11H2,1-7H3/t14-,15-/m0/s1. The number of aliphatic hydroxyl groups excluding tert-OH is 1. The predicted molar refractivity (Wildman–Crippen MR) is 99.9 cm³/mol. The summed E-state index contributed by atoms with van der Waals surface area (Å²) < 4.78 is 8.51. The summed E-state index contributed by atoms with van der Waals surface area (Å²) in [7, 11) is -1.80. The van der Waals surface area contributed by atoms with Gasteiger partial charge in [0.1, 0.15) is 0 Å². The summed E-state index contributed by atoms with van der Waals surface area (Å²) in [4.78, 5) is 0. The van der Waals surface area contributed by atoms with E-state index in [0.717, 1.165) is 0 Å². The van der Waals surface area contributed by atoms with Gasteiger partial charge in [0.15, 0.2) is 8.32 Å². The molecule has 0 heterocycles. The SMILES string of the molecule is CC(C=CI)=C[C@H](C)[C@H](CCO)O[Si](C)(C)C(C)(C)C. The molecule has 0 amide bonds. The Kier molecular flexibility index (Phi) is 8.86. The first-order valence-corrected chi connectivity index (χ1v) is 11.4. The highest BCUT2D eigenvalue weighted by Gasteiger charge is 2.39. The normalized spacial score (nSPS) is 17.6. The first kappa shape index (κ1) is 20.3. The molecule has 0 aliphatic rings. The first-order valence-electron chi connectivity index (χ1n) is 7.29. The van der Waals surface area contributed by atoms with Crippen LogP contribution in [-0.4, -0.2) is 26.1 Å². The molecule has 118 valence electrons. The number of halogens is 1. The fraction of sp³-hybridized carbons (Fsp3) is 0.750. The molecule has 0 saturated carbocycles. The molecule has 20 heavy (non-hydrogen) atoms. The van der Waals surface area contributed by atoms with Gasteiger partial charge in [0.25, 0.3) is 0 Å². The molecule has 0 aromatic heterocycles. The van der Waals surface area contributed by atoms with Crippen molar-refractivity contribution in [2.75, 3.05) is 6.61 Å². The van der Waals surface area contributed by atoms with Crippen LogP contribution >= 0.6 is 22.6 Å². The predicted octanol–water partition coefficient (Wildman–Crippen LogP) is 5.29. The Balaban J connectivity index is 5.02. The Morgan fingerprint density at radius 3 is 2.30 bits per heavy atom. The van der Waals surface area contributed by atoms with Crippen LogP contribution in [-0.2, 0) is 4.43 Å². The minimum atomic E-state index is -1.80. The monoisotopic (exact) mass is 410 g/mol. The molecule has 0 saturated heterocycles. The van der Waals surface area contributed by atoms with E-state index >= 15 is 0 Å². The Hall–Kier alpha value is 0.347. The van der Waals surface area contributed by atoms with Crippen molar-refractivity contribution in [2.45, 2.75) is 65.3 Å². The lowest BCUT2D eigenvalue weighted by molar-refractivity contribution is 0.111. The Morgan fingerprint density at radius 1 is 1.35 bits per heavy atom. The van der Waals surface area contributed by atoms with Crippen LogP contribution in [0.5, 0.6) is 0 Å². The highest BCUT2D eigenvalue weighted by Crippen LogP contribution is 2.38. The van der Waals surface area contributed by atoms with Crippen molar-refractivity contribution in [2.24, 2.45) is 5.92 Å². The van der Waals surface area contributed by atoms with Gasteiger partial charge in [-0.2, -0.15) is 0 Å². The molecular formula is C16H31IO2Si. The van der Waals surface area contributed by atoms with E-state index in [1.807, 2.05) is 4.08 Å². The second-order valence-electron chi connectivity index (χ2n) is 6.99. The summed E-state index contributed by atoms with van der Waals surface area (Å²) in [5, 5.41) is 9.52. The first-order chi connectivity index (χ1) is 9.05. The molecular weight excluding hydrogens is 379 g/mol. The van der Waals surface area contributed by atoms with Crippen LogP contribution in [0.25, 0.3) is 0 Å². The van der Waals surface area contributed by atoms with Gasteiger partial charge in [-0.05, 0) is 41.5 Å².